The number of furan rings is 1. The topological polar surface area (TPSA) is 61.0 Å². The van der Waals surface area contributed by atoms with Crippen LogP contribution in [0.5, 0.6) is 11.5 Å². The summed E-state index contributed by atoms with van der Waals surface area (Å²) in [6.07, 6.45) is 0. The molecule has 0 spiro atoms. The summed E-state index contributed by atoms with van der Waals surface area (Å²) in [4.78, 5) is 10.6. The monoisotopic (exact) mass is 315 g/mol. The van der Waals surface area contributed by atoms with Gasteiger partial charge in [0.1, 0.15) is 23.6 Å². The molecule has 0 atom stereocenters. The third-order valence-electron chi connectivity index (χ3n) is 3.57. The number of nitroso groups, excluding NO2 is 1. The highest BCUT2D eigenvalue weighted by molar-refractivity contribution is 5.86. The van der Waals surface area contributed by atoms with Gasteiger partial charge >= 0.3 is 0 Å². The molecule has 1 aromatic heterocycles. The summed E-state index contributed by atoms with van der Waals surface area (Å²) >= 11 is 0. The molecule has 0 radical (unpaired) electrons. The van der Waals surface area contributed by atoms with Crippen LogP contribution in [0.3, 0.4) is 0 Å². The van der Waals surface area contributed by atoms with E-state index in [2.05, 4.69) is 5.18 Å². The second-order valence-corrected chi connectivity index (χ2v) is 4.95. The van der Waals surface area contributed by atoms with Crippen LogP contribution < -0.4 is 9.47 Å². The third kappa shape index (κ3) is 2.75. The molecular formula is C17H14FNO4. The molecule has 0 saturated heterocycles. The molecule has 0 bridgehead atoms. The van der Waals surface area contributed by atoms with E-state index < -0.39 is 5.82 Å². The molecule has 3 aromatic rings. The normalized spacial score (nSPS) is 10.7. The Hall–Kier alpha value is -2.89. The molecule has 2 aromatic carbocycles. The zero-order valence-corrected chi connectivity index (χ0v) is 12.6. The Kier molecular flexibility index (Phi) is 3.97. The van der Waals surface area contributed by atoms with Crippen molar-refractivity contribution in [3.8, 4) is 22.8 Å². The van der Waals surface area contributed by atoms with E-state index in [0.717, 1.165) is 5.39 Å². The zero-order chi connectivity index (χ0) is 16.4. The average molecular weight is 315 g/mol. The minimum absolute atomic E-state index is 0.0301. The van der Waals surface area contributed by atoms with Crippen molar-refractivity contribution in [3.63, 3.8) is 0 Å². The largest absolute Gasteiger partial charge is 0.497 e. The number of hydrogen-bond acceptors (Lipinski definition) is 5. The summed E-state index contributed by atoms with van der Waals surface area (Å²) in [5.74, 6) is 0.779. The zero-order valence-electron chi connectivity index (χ0n) is 12.6. The molecule has 0 aliphatic heterocycles. The fourth-order valence-electron chi connectivity index (χ4n) is 2.46. The Balaban J connectivity index is 2.14. The number of benzene rings is 2. The van der Waals surface area contributed by atoms with Gasteiger partial charge in [0.15, 0.2) is 11.6 Å². The van der Waals surface area contributed by atoms with E-state index in [1.807, 2.05) is 0 Å². The lowest BCUT2D eigenvalue weighted by Gasteiger charge is -2.03. The van der Waals surface area contributed by atoms with Crippen LogP contribution in [-0.4, -0.2) is 14.2 Å². The summed E-state index contributed by atoms with van der Waals surface area (Å²) in [6, 6.07) is 9.84. The van der Waals surface area contributed by atoms with Crippen LogP contribution in [-0.2, 0) is 6.54 Å². The fourth-order valence-corrected chi connectivity index (χ4v) is 2.46. The number of ether oxygens (including phenoxy) is 2. The maximum Gasteiger partial charge on any atom is 0.165 e. The van der Waals surface area contributed by atoms with Gasteiger partial charge in [-0.1, -0.05) is 5.18 Å². The Labute approximate surface area is 131 Å². The maximum absolute atomic E-state index is 13.9. The van der Waals surface area contributed by atoms with Crippen LogP contribution >= 0.6 is 0 Å². The standard InChI is InChI=1S/C17H14FNO4/c1-21-13-5-11-8-16(23-17(11)12(6-13)9-19-20)10-3-4-15(22-2)14(18)7-10/h3-8H,9H2,1-2H3. The van der Waals surface area contributed by atoms with Crippen molar-refractivity contribution < 1.29 is 18.3 Å². The highest BCUT2D eigenvalue weighted by Crippen LogP contribution is 2.34. The first-order valence-corrected chi connectivity index (χ1v) is 6.89. The Morgan fingerprint density at radius 3 is 2.61 bits per heavy atom. The molecule has 6 heteroatoms. The molecule has 118 valence electrons. The number of nitrogens with zero attached hydrogens (tertiary/aromatic N) is 1. The molecule has 1 heterocycles. The van der Waals surface area contributed by atoms with E-state index in [0.29, 0.717) is 28.2 Å². The number of hydrogen-bond donors (Lipinski definition) is 0. The second-order valence-electron chi connectivity index (χ2n) is 4.95. The molecule has 23 heavy (non-hydrogen) atoms. The van der Waals surface area contributed by atoms with Crippen molar-refractivity contribution in [1.29, 1.82) is 0 Å². The predicted molar refractivity (Wildman–Crippen MR) is 84.2 cm³/mol. The van der Waals surface area contributed by atoms with Crippen molar-refractivity contribution in [2.24, 2.45) is 5.18 Å². The van der Waals surface area contributed by atoms with Crippen LogP contribution in [0, 0.1) is 10.7 Å². The molecule has 0 unspecified atom stereocenters. The van der Waals surface area contributed by atoms with E-state index in [1.165, 1.54) is 19.2 Å². The fraction of sp³-hybridized carbons (Fsp3) is 0.176. The van der Waals surface area contributed by atoms with E-state index in [1.54, 1.807) is 31.4 Å². The van der Waals surface area contributed by atoms with Crippen molar-refractivity contribution >= 4 is 11.0 Å². The number of fused-ring (bicyclic) bond motifs is 1. The molecule has 0 amide bonds. The van der Waals surface area contributed by atoms with Gasteiger partial charge in [0.25, 0.3) is 0 Å². The predicted octanol–water partition coefficient (Wildman–Crippen LogP) is 4.52. The smallest absolute Gasteiger partial charge is 0.165 e. The first-order valence-electron chi connectivity index (χ1n) is 6.89. The summed E-state index contributed by atoms with van der Waals surface area (Å²) < 4.78 is 29.8. The molecule has 3 rings (SSSR count). The van der Waals surface area contributed by atoms with Crippen LogP contribution in [0.25, 0.3) is 22.3 Å². The summed E-state index contributed by atoms with van der Waals surface area (Å²) in [7, 11) is 2.95. The van der Waals surface area contributed by atoms with Crippen LogP contribution in [0.4, 0.5) is 4.39 Å². The van der Waals surface area contributed by atoms with Gasteiger partial charge in [-0.15, -0.1) is 0 Å². The molecule has 0 fully saturated rings. The maximum atomic E-state index is 13.9. The molecule has 0 N–H and O–H groups in total. The van der Waals surface area contributed by atoms with Crippen molar-refractivity contribution in [3.05, 3.63) is 52.7 Å². The first kappa shape index (κ1) is 15.0. The van der Waals surface area contributed by atoms with Gasteiger partial charge < -0.3 is 13.9 Å². The molecule has 0 aliphatic rings. The van der Waals surface area contributed by atoms with Crippen LogP contribution in [0.1, 0.15) is 5.56 Å². The van der Waals surface area contributed by atoms with Crippen molar-refractivity contribution in [2.45, 2.75) is 6.54 Å². The average Bonchev–Trinajstić information content (AvgIpc) is 2.99. The van der Waals surface area contributed by atoms with Gasteiger partial charge in [-0.3, -0.25) is 0 Å². The minimum Gasteiger partial charge on any atom is -0.497 e. The van der Waals surface area contributed by atoms with E-state index >= 15 is 0 Å². The van der Waals surface area contributed by atoms with Gasteiger partial charge in [0, 0.05) is 16.5 Å². The first-order chi connectivity index (χ1) is 11.2. The van der Waals surface area contributed by atoms with Crippen molar-refractivity contribution in [2.75, 3.05) is 14.2 Å². The SMILES string of the molecule is COc1cc(CN=O)c2oc(-c3ccc(OC)c(F)c3)cc2c1. The van der Waals surface area contributed by atoms with E-state index in [9.17, 15) is 9.30 Å². The lowest BCUT2D eigenvalue weighted by molar-refractivity contribution is 0.386. The van der Waals surface area contributed by atoms with Gasteiger partial charge in [0.2, 0.25) is 0 Å². The van der Waals surface area contributed by atoms with Crippen LogP contribution in [0.15, 0.2) is 46.0 Å². The number of methoxy groups -OCH3 is 2. The van der Waals surface area contributed by atoms with Crippen LogP contribution in [0.2, 0.25) is 0 Å². The lowest BCUT2D eigenvalue weighted by atomic mass is 10.1. The van der Waals surface area contributed by atoms with E-state index in [4.69, 9.17) is 13.9 Å². The minimum atomic E-state index is -0.474. The number of rotatable bonds is 5. The van der Waals surface area contributed by atoms with Gasteiger partial charge in [-0.25, -0.2) is 4.39 Å². The van der Waals surface area contributed by atoms with Crippen molar-refractivity contribution in [1.82, 2.24) is 0 Å². The second kappa shape index (κ2) is 6.08. The quantitative estimate of drug-likeness (QED) is 0.649. The highest BCUT2D eigenvalue weighted by atomic mass is 19.1. The molecular weight excluding hydrogens is 301 g/mol. The molecule has 0 aliphatic carbocycles. The Morgan fingerprint density at radius 2 is 1.96 bits per heavy atom. The van der Waals surface area contributed by atoms with Gasteiger partial charge in [0.05, 0.1) is 14.2 Å². The summed E-state index contributed by atoms with van der Waals surface area (Å²) in [6.45, 7) is -0.0301. The molecule has 5 nitrogen and oxygen atoms in total. The lowest BCUT2D eigenvalue weighted by Crippen LogP contribution is -1.87. The van der Waals surface area contributed by atoms with E-state index in [-0.39, 0.29) is 12.3 Å². The van der Waals surface area contributed by atoms with Gasteiger partial charge in [-0.2, -0.15) is 4.91 Å². The molecule has 0 saturated carbocycles. The third-order valence-corrected chi connectivity index (χ3v) is 3.57. The Morgan fingerprint density at radius 1 is 1.13 bits per heavy atom. The Bertz CT molecular complexity index is 872. The highest BCUT2D eigenvalue weighted by Gasteiger charge is 2.14. The van der Waals surface area contributed by atoms with Gasteiger partial charge in [-0.05, 0) is 36.4 Å². The number of halogens is 1. The summed E-state index contributed by atoms with van der Waals surface area (Å²) in [5.41, 5.74) is 1.73. The summed E-state index contributed by atoms with van der Waals surface area (Å²) in [5, 5.41) is 3.67.